The molecule has 150 valence electrons. The van der Waals surface area contributed by atoms with E-state index < -0.39 is 0 Å². The Balaban J connectivity index is 1.67. The monoisotopic (exact) mass is 398 g/mol. The minimum Gasteiger partial charge on any atom is -0.351 e. The fourth-order valence-electron chi connectivity index (χ4n) is 3.57. The van der Waals surface area contributed by atoms with Crippen molar-refractivity contribution in [2.45, 2.75) is 59.4 Å². The molecule has 1 fully saturated rings. The molecule has 7 heteroatoms. The van der Waals surface area contributed by atoms with Gasteiger partial charge < -0.3 is 4.90 Å². The highest BCUT2D eigenvalue weighted by Crippen LogP contribution is 2.27. The number of hydrogen-bond donors (Lipinski definition) is 0. The molecule has 3 heterocycles. The Kier molecular flexibility index (Phi) is 6.31. The Morgan fingerprint density at radius 3 is 2.36 bits per heavy atom. The SMILES string of the molecule is CCc1nnc(N2CCN(Cc3csc(C(C)(C)C)n3)CC2)c(C#N)c1CC. The molecular weight excluding hydrogens is 368 g/mol. The molecular formula is C21H30N6S. The molecule has 0 spiro atoms. The second-order valence-electron chi connectivity index (χ2n) is 8.30. The van der Waals surface area contributed by atoms with E-state index in [9.17, 15) is 5.26 Å². The number of nitrogens with zero attached hydrogens (tertiary/aromatic N) is 6. The molecule has 1 aliphatic heterocycles. The normalized spacial score (nSPS) is 15.6. The summed E-state index contributed by atoms with van der Waals surface area (Å²) in [6.45, 7) is 15.2. The van der Waals surface area contributed by atoms with E-state index in [0.717, 1.165) is 68.3 Å². The van der Waals surface area contributed by atoms with E-state index in [4.69, 9.17) is 4.98 Å². The number of thiazole rings is 1. The highest BCUT2D eigenvalue weighted by Gasteiger charge is 2.24. The molecule has 28 heavy (non-hydrogen) atoms. The fraction of sp³-hybridized carbons (Fsp3) is 0.619. The van der Waals surface area contributed by atoms with Crippen LogP contribution in [0.5, 0.6) is 0 Å². The topological polar surface area (TPSA) is 68.9 Å². The van der Waals surface area contributed by atoms with Crippen molar-refractivity contribution in [3.63, 3.8) is 0 Å². The summed E-state index contributed by atoms with van der Waals surface area (Å²) in [5, 5.41) is 21.9. The Morgan fingerprint density at radius 1 is 1.11 bits per heavy atom. The number of piperazine rings is 1. The van der Waals surface area contributed by atoms with Crippen molar-refractivity contribution < 1.29 is 0 Å². The summed E-state index contributed by atoms with van der Waals surface area (Å²) in [6.07, 6.45) is 1.62. The molecule has 1 saturated heterocycles. The number of anilines is 1. The zero-order valence-corrected chi connectivity index (χ0v) is 18.4. The lowest BCUT2D eigenvalue weighted by molar-refractivity contribution is 0.246. The van der Waals surface area contributed by atoms with Gasteiger partial charge in [0.2, 0.25) is 0 Å². The van der Waals surface area contributed by atoms with Crippen LogP contribution < -0.4 is 4.90 Å². The van der Waals surface area contributed by atoms with Crippen LogP contribution in [0, 0.1) is 11.3 Å². The molecule has 0 unspecified atom stereocenters. The van der Waals surface area contributed by atoms with Crippen LogP contribution in [-0.4, -0.2) is 46.3 Å². The van der Waals surface area contributed by atoms with Gasteiger partial charge in [0.1, 0.15) is 11.6 Å². The number of aromatic nitrogens is 3. The summed E-state index contributed by atoms with van der Waals surface area (Å²) >= 11 is 1.75. The molecule has 0 radical (unpaired) electrons. The van der Waals surface area contributed by atoms with Gasteiger partial charge in [0, 0.05) is 43.5 Å². The lowest BCUT2D eigenvalue weighted by Crippen LogP contribution is -2.46. The molecule has 0 N–H and O–H groups in total. The number of hydrogen-bond acceptors (Lipinski definition) is 7. The minimum atomic E-state index is 0.107. The average Bonchev–Trinajstić information content (AvgIpc) is 3.16. The van der Waals surface area contributed by atoms with Gasteiger partial charge in [-0.15, -0.1) is 16.4 Å². The van der Waals surface area contributed by atoms with Crippen molar-refractivity contribution in [1.82, 2.24) is 20.1 Å². The van der Waals surface area contributed by atoms with Gasteiger partial charge in [-0.25, -0.2) is 4.98 Å². The van der Waals surface area contributed by atoms with E-state index in [1.54, 1.807) is 11.3 Å². The summed E-state index contributed by atoms with van der Waals surface area (Å²) in [7, 11) is 0. The van der Waals surface area contributed by atoms with Crippen LogP contribution in [0.15, 0.2) is 5.38 Å². The lowest BCUT2D eigenvalue weighted by Gasteiger charge is -2.35. The Bertz CT molecular complexity index is 853. The Morgan fingerprint density at radius 2 is 1.82 bits per heavy atom. The quantitative estimate of drug-likeness (QED) is 0.767. The van der Waals surface area contributed by atoms with E-state index in [2.05, 4.69) is 66.1 Å². The van der Waals surface area contributed by atoms with Crippen LogP contribution in [0.1, 0.15) is 62.1 Å². The Hall–Kier alpha value is -2.04. The first-order chi connectivity index (χ1) is 13.4. The van der Waals surface area contributed by atoms with Gasteiger partial charge in [-0.3, -0.25) is 4.90 Å². The molecule has 0 bridgehead atoms. The Labute approximate surface area is 172 Å². The number of rotatable bonds is 5. The van der Waals surface area contributed by atoms with Gasteiger partial charge in [0.05, 0.1) is 16.4 Å². The van der Waals surface area contributed by atoms with Crippen molar-refractivity contribution in [3.05, 3.63) is 32.9 Å². The zero-order chi connectivity index (χ0) is 20.3. The molecule has 1 aliphatic rings. The van der Waals surface area contributed by atoms with Gasteiger partial charge in [-0.05, 0) is 18.4 Å². The maximum absolute atomic E-state index is 9.73. The van der Waals surface area contributed by atoms with Crippen LogP contribution in [0.2, 0.25) is 0 Å². The molecule has 3 rings (SSSR count). The largest absolute Gasteiger partial charge is 0.351 e. The molecule has 0 aromatic carbocycles. The van der Waals surface area contributed by atoms with Crippen molar-refractivity contribution >= 4 is 17.2 Å². The minimum absolute atomic E-state index is 0.107. The van der Waals surface area contributed by atoms with Crippen molar-refractivity contribution in [1.29, 1.82) is 5.26 Å². The highest BCUT2D eigenvalue weighted by atomic mass is 32.1. The van der Waals surface area contributed by atoms with Crippen LogP contribution in [0.4, 0.5) is 5.82 Å². The maximum atomic E-state index is 9.73. The summed E-state index contributed by atoms with van der Waals surface area (Å²) in [4.78, 5) is 9.46. The smallest absolute Gasteiger partial charge is 0.169 e. The predicted octanol–water partition coefficient (Wildman–Crippen LogP) is 3.55. The third-order valence-corrected chi connectivity index (χ3v) is 6.51. The first-order valence-corrected chi connectivity index (χ1v) is 11.0. The van der Waals surface area contributed by atoms with Crippen molar-refractivity contribution in [2.75, 3.05) is 31.1 Å². The standard InChI is InChI=1S/C21H30N6S/c1-6-16-17(12-22)19(25-24-18(16)7-2)27-10-8-26(9-11-27)13-15-14-28-20(23-15)21(3,4)5/h14H,6-11,13H2,1-5H3. The van der Waals surface area contributed by atoms with Crippen LogP contribution in [0.25, 0.3) is 0 Å². The summed E-state index contributed by atoms with van der Waals surface area (Å²) in [6, 6.07) is 2.39. The third-order valence-electron chi connectivity index (χ3n) is 5.19. The molecule has 2 aromatic rings. The van der Waals surface area contributed by atoms with Crippen molar-refractivity contribution in [2.24, 2.45) is 0 Å². The average molecular weight is 399 g/mol. The van der Waals surface area contributed by atoms with Crippen molar-refractivity contribution in [3.8, 4) is 6.07 Å². The van der Waals surface area contributed by atoms with E-state index in [1.165, 1.54) is 5.01 Å². The summed E-state index contributed by atoms with van der Waals surface area (Å²) in [5.41, 5.74) is 3.96. The lowest BCUT2D eigenvalue weighted by atomic mass is 9.98. The highest BCUT2D eigenvalue weighted by molar-refractivity contribution is 7.09. The molecule has 0 aliphatic carbocycles. The van der Waals surface area contributed by atoms with E-state index >= 15 is 0 Å². The maximum Gasteiger partial charge on any atom is 0.169 e. The van der Waals surface area contributed by atoms with E-state index in [-0.39, 0.29) is 5.41 Å². The molecule has 0 saturated carbocycles. The first-order valence-electron chi connectivity index (χ1n) is 10.1. The predicted molar refractivity (Wildman–Crippen MR) is 114 cm³/mol. The van der Waals surface area contributed by atoms with Gasteiger partial charge in [-0.1, -0.05) is 34.6 Å². The number of aryl methyl sites for hydroxylation is 1. The van der Waals surface area contributed by atoms with Crippen LogP contribution >= 0.6 is 11.3 Å². The zero-order valence-electron chi connectivity index (χ0n) is 17.6. The molecule has 0 atom stereocenters. The van der Waals surface area contributed by atoms with Gasteiger partial charge >= 0.3 is 0 Å². The van der Waals surface area contributed by atoms with Gasteiger partial charge in [0.15, 0.2) is 5.82 Å². The number of nitriles is 1. The summed E-state index contributed by atoms with van der Waals surface area (Å²) in [5.74, 6) is 0.750. The molecule has 6 nitrogen and oxygen atoms in total. The molecule has 2 aromatic heterocycles. The summed E-state index contributed by atoms with van der Waals surface area (Å²) < 4.78 is 0. The second kappa shape index (κ2) is 8.54. The fourth-order valence-corrected chi connectivity index (χ4v) is 4.47. The van der Waals surface area contributed by atoms with Crippen LogP contribution in [0.3, 0.4) is 0 Å². The first kappa shape index (κ1) is 20.7. The second-order valence-corrected chi connectivity index (χ2v) is 9.16. The third kappa shape index (κ3) is 4.34. The van der Waals surface area contributed by atoms with Gasteiger partial charge in [0.25, 0.3) is 0 Å². The van der Waals surface area contributed by atoms with E-state index in [1.807, 2.05) is 0 Å². The van der Waals surface area contributed by atoms with Gasteiger partial charge in [-0.2, -0.15) is 10.4 Å². The van der Waals surface area contributed by atoms with E-state index in [0.29, 0.717) is 5.56 Å². The van der Waals surface area contributed by atoms with Crippen LogP contribution in [-0.2, 0) is 24.8 Å². The molecule has 0 amide bonds.